The molecule has 0 heterocycles. The quantitative estimate of drug-likeness (QED) is 0.451. The Morgan fingerprint density at radius 3 is 2.55 bits per heavy atom. The first-order valence-corrected chi connectivity index (χ1v) is 4.25. The molecule has 0 aromatic rings. The van der Waals surface area contributed by atoms with Gasteiger partial charge in [-0.3, -0.25) is 11.3 Å². The van der Waals surface area contributed by atoms with Crippen LogP contribution in [0.5, 0.6) is 0 Å². The smallest absolute Gasteiger partial charge is 0.0709 e. The molecule has 68 valence electrons. The van der Waals surface area contributed by atoms with E-state index in [9.17, 15) is 0 Å². The Hall–Kier alpha value is -0.120. The molecule has 11 heavy (non-hydrogen) atoms. The maximum atomic E-state index is 5.36. The van der Waals surface area contributed by atoms with E-state index in [1.807, 2.05) is 6.92 Å². The number of nitrogens with one attached hydrogen (secondary N) is 1. The van der Waals surface area contributed by atoms with Gasteiger partial charge < -0.3 is 4.74 Å². The van der Waals surface area contributed by atoms with E-state index >= 15 is 0 Å². The number of methoxy groups -OCH3 is 1. The van der Waals surface area contributed by atoms with Crippen LogP contribution in [-0.4, -0.2) is 19.3 Å². The first kappa shape index (κ1) is 10.9. The van der Waals surface area contributed by atoms with Gasteiger partial charge in [-0.15, -0.1) is 0 Å². The van der Waals surface area contributed by atoms with Crippen molar-refractivity contribution in [2.75, 3.05) is 7.11 Å². The van der Waals surface area contributed by atoms with Crippen molar-refractivity contribution in [2.45, 2.75) is 45.3 Å². The third kappa shape index (κ3) is 4.35. The molecule has 3 N–H and O–H groups in total. The lowest BCUT2D eigenvalue weighted by Gasteiger charge is -2.21. The largest absolute Gasteiger partial charge is 0.380 e. The Bertz CT molecular complexity index is 88.2. The van der Waals surface area contributed by atoms with Crippen molar-refractivity contribution in [2.24, 2.45) is 5.84 Å². The van der Waals surface area contributed by atoms with Crippen LogP contribution in [-0.2, 0) is 4.74 Å². The zero-order chi connectivity index (χ0) is 8.69. The maximum absolute atomic E-state index is 5.36. The van der Waals surface area contributed by atoms with Gasteiger partial charge in [-0.25, -0.2) is 0 Å². The van der Waals surface area contributed by atoms with Crippen LogP contribution in [0.3, 0.4) is 0 Å². The van der Waals surface area contributed by atoms with Gasteiger partial charge in [0, 0.05) is 13.2 Å². The zero-order valence-electron chi connectivity index (χ0n) is 7.76. The van der Waals surface area contributed by atoms with Crippen molar-refractivity contribution in [3.8, 4) is 0 Å². The Kier molecular flexibility index (Phi) is 6.51. The summed E-state index contributed by atoms with van der Waals surface area (Å²) in [5.74, 6) is 5.36. The number of rotatable bonds is 6. The van der Waals surface area contributed by atoms with E-state index in [1.165, 1.54) is 12.8 Å². The predicted molar refractivity (Wildman–Crippen MR) is 47.1 cm³/mol. The normalized spacial score (nSPS) is 16.4. The van der Waals surface area contributed by atoms with Gasteiger partial charge in [0.1, 0.15) is 0 Å². The summed E-state index contributed by atoms with van der Waals surface area (Å²) < 4.78 is 5.16. The first-order chi connectivity index (χ1) is 5.26. The first-order valence-electron chi connectivity index (χ1n) is 4.25. The number of hydrogen-bond acceptors (Lipinski definition) is 3. The van der Waals surface area contributed by atoms with E-state index in [4.69, 9.17) is 10.6 Å². The van der Waals surface area contributed by atoms with E-state index in [2.05, 4.69) is 12.3 Å². The molecule has 0 rings (SSSR count). The van der Waals surface area contributed by atoms with E-state index in [-0.39, 0.29) is 6.10 Å². The molecule has 0 aromatic carbocycles. The Morgan fingerprint density at radius 1 is 1.55 bits per heavy atom. The lowest BCUT2D eigenvalue weighted by Crippen LogP contribution is -2.43. The number of ether oxygens (including phenoxy) is 1. The summed E-state index contributed by atoms with van der Waals surface area (Å²) in [6, 6.07) is 0.292. The fraction of sp³-hybridized carbons (Fsp3) is 1.00. The van der Waals surface area contributed by atoms with Gasteiger partial charge in [-0.05, 0) is 13.3 Å². The summed E-state index contributed by atoms with van der Waals surface area (Å²) in [5, 5.41) is 0. The second-order valence-corrected chi connectivity index (χ2v) is 2.86. The third-order valence-electron chi connectivity index (χ3n) is 2.02. The molecule has 0 aliphatic carbocycles. The van der Waals surface area contributed by atoms with Crippen molar-refractivity contribution in [3.63, 3.8) is 0 Å². The average molecular weight is 160 g/mol. The lowest BCUT2D eigenvalue weighted by atomic mass is 10.1. The van der Waals surface area contributed by atoms with E-state index < -0.39 is 0 Å². The number of hydrazine groups is 1. The van der Waals surface area contributed by atoms with Gasteiger partial charge in [0.05, 0.1) is 6.10 Å². The van der Waals surface area contributed by atoms with Gasteiger partial charge in [-0.2, -0.15) is 0 Å². The van der Waals surface area contributed by atoms with Crippen LogP contribution in [0.2, 0.25) is 0 Å². The standard InChI is InChI=1S/C8H20N2O/c1-4-5-6-8(10-9)7(2)11-3/h7-8,10H,4-6,9H2,1-3H3. The van der Waals surface area contributed by atoms with Crippen LogP contribution in [0.4, 0.5) is 0 Å². The average Bonchev–Trinajstić information content (AvgIpc) is 2.05. The SMILES string of the molecule is CCCCC(NN)C(C)OC. The van der Waals surface area contributed by atoms with Crippen molar-refractivity contribution in [1.82, 2.24) is 5.43 Å². The van der Waals surface area contributed by atoms with Crippen LogP contribution in [0, 0.1) is 0 Å². The molecule has 0 fully saturated rings. The van der Waals surface area contributed by atoms with E-state index in [0.29, 0.717) is 6.04 Å². The molecule has 0 aromatic heterocycles. The van der Waals surface area contributed by atoms with E-state index in [0.717, 1.165) is 6.42 Å². The molecule has 2 atom stereocenters. The third-order valence-corrected chi connectivity index (χ3v) is 2.02. The maximum Gasteiger partial charge on any atom is 0.0709 e. The zero-order valence-corrected chi connectivity index (χ0v) is 7.76. The molecule has 3 heteroatoms. The highest BCUT2D eigenvalue weighted by molar-refractivity contribution is 4.70. The van der Waals surface area contributed by atoms with E-state index in [1.54, 1.807) is 7.11 Å². The summed E-state index contributed by atoms with van der Waals surface area (Å²) in [6.07, 6.45) is 3.69. The minimum absolute atomic E-state index is 0.201. The summed E-state index contributed by atoms with van der Waals surface area (Å²) in [7, 11) is 1.71. The van der Waals surface area contributed by atoms with Crippen LogP contribution < -0.4 is 11.3 Å². The van der Waals surface area contributed by atoms with Crippen LogP contribution in [0.15, 0.2) is 0 Å². The second-order valence-electron chi connectivity index (χ2n) is 2.86. The van der Waals surface area contributed by atoms with Crippen molar-refractivity contribution in [1.29, 1.82) is 0 Å². The summed E-state index contributed by atoms with van der Waals surface area (Å²) >= 11 is 0. The number of nitrogens with two attached hydrogens (primary N) is 1. The number of hydrogen-bond donors (Lipinski definition) is 2. The number of unbranched alkanes of at least 4 members (excludes halogenated alkanes) is 1. The van der Waals surface area contributed by atoms with Crippen LogP contribution >= 0.6 is 0 Å². The molecule has 0 saturated carbocycles. The molecule has 0 aliphatic rings. The van der Waals surface area contributed by atoms with Crippen LogP contribution in [0.25, 0.3) is 0 Å². The molecule has 0 aliphatic heterocycles. The molecule has 0 amide bonds. The Labute approximate surface area is 69.3 Å². The summed E-state index contributed by atoms with van der Waals surface area (Å²) in [4.78, 5) is 0. The molecule has 0 saturated heterocycles. The minimum atomic E-state index is 0.201. The monoisotopic (exact) mass is 160 g/mol. The molecule has 2 unspecified atom stereocenters. The van der Waals surface area contributed by atoms with Crippen molar-refractivity contribution in [3.05, 3.63) is 0 Å². The molecule has 3 nitrogen and oxygen atoms in total. The Balaban J connectivity index is 3.56. The topological polar surface area (TPSA) is 47.3 Å². The fourth-order valence-corrected chi connectivity index (χ4v) is 1.04. The fourth-order valence-electron chi connectivity index (χ4n) is 1.04. The molecular formula is C8H20N2O. The van der Waals surface area contributed by atoms with Gasteiger partial charge in [0.15, 0.2) is 0 Å². The minimum Gasteiger partial charge on any atom is -0.380 e. The summed E-state index contributed by atoms with van der Waals surface area (Å²) in [5.41, 5.74) is 2.76. The lowest BCUT2D eigenvalue weighted by molar-refractivity contribution is 0.0793. The molecular weight excluding hydrogens is 140 g/mol. The Morgan fingerprint density at radius 2 is 2.18 bits per heavy atom. The summed E-state index contributed by atoms with van der Waals surface area (Å²) in [6.45, 7) is 4.20. The van der Waals surface area contributed by atoms with Gasteiger partial charge in [0.25, 0.3) is 0 Å². The highest BCUT2D eigenvalue weighted by Gasteiger charge is 2.13. The highest BCUT2D eigenvalue weighted by Crippen LogP contribution is 2.05. The van der Waals surface area contributed by atoms with Gasteiger partial charge in [-0.1, -0.05) is 19.8 Å². The molecule has 0 radical (unpaired) electrons. The van der Waals surface area contributed by atoms with Crippen LogP contribution in [0.1, 0.15) is 33.1 Å². The van der Waals surface area contributed by atoms with Gasteiger partial charge >= 0.3 is 0 Å². The highest BCUT2D eigenvalue weighted by atomic mass is 16.5. The predicted octanol–water partition coefficient (Wildman–Crippen LogP) is 1.04. The molecule has 0 spiro atoms. The van der Waals surface area contributed by atoms with Gasteiger partial charge in [0.2, 0.25) is 0 Å². The van der Waals surface area contributed by atoms with Crippen molar-refractivity contribution < 1.29 is 4.74 Å². The second kappa shape index (κ2) is 6.58. The van der Waals surface area contributed by atoms with Crippen molar-refractivity contribution >= 4 is 0 Å². The molecule has 0 bridgehead atoms.